The van der Waals surface area contributed by atoms with Crippen molar-refractivity contribution in [3.63, 3.8) is 0 Å². The molecule has 0 saturated carbocycles. The van der Waals surface area contributed by atoms with E-state index in [1.165, 1.54) is 0 Å². The van der Waals surface area contributed by atoms with Crippen LogP contribution in [0.4, 0.5) is 5.69 Å². The lowest BCUT2D eigenvalue weighted by Crippen LogP contribution is -2.47. The third-order valence-electron chi connectivity index (χ3n) is 7.09. The van der Waals surface area contributed by atoms with Crippen LogP contribution < -0.4 is 21.1 Å². The Kier molecular flexibility index (Phi) is 9.88. The van der Waals surface area contributed by atoms with Crippen LogP contribution in [0.2, 0.25) is 0 Å². The molecular weight excluding hydrogens is 506 g/mol. The Labute approximate surface area is 235 Å². The standard InChI is InChI=1S/C31H37N5O4/c1-22(37)36-15-13-35(14-16-36)21-27-10-9-26(31(39)33-20-25-5-3-24(19-32)4-6-25)18-29(27)34-30(38)17-23-7-11-28(40-2)12-8-23/h3-12,18H,13-17,19-21,32H2,1-2H3,(H,33,39)(H,34,38). The van der Waals surface area contributed by atoms with Crippen LogP contribution in [0, 0.1) is 0 Å². The van der Waals surface area contributed by atoms with Gasteiger partial charge in [0.2, 0.25) is 11.8 Å². The molecular formula is C31H37N5O4. The van der Waals surface area contributed by atoms with Crippen LogP contribution in [-0.2, 0) is 35.6 Å². The molecule has 4 N–H and O–H groups in total. The summed E-state index contributed by atoms with van der Waals surface area (Å²) in [4.78, 5) is 41.9. The Hall–Kier alpha value is -4.21. The van der Waals surface area contributed by atoms with E-state index in [1.54, 1.807) is 26.2 Å². The zero-order valence-electron chi connectivity index (χ0n) is 23.1. The second-order valence-corrected chi connectivity index (χ2v) is 9.93. The van der Waals surface area contributed by atoms with Gasteiger partial charge in [-0.15, -0.1) is 0 Å². The largest absolute Gasteiger partial charge is 0.497 e. The van der Waals surface area contributed by atoms with Crippen molar-refractivity contribution in [2.45, 2.75) is 33.0 Å². The number of amides is 3. The van der Waals surface area contributed by atoms with Crippen LogP contribution in [0.25, 0.3) is 0 Å². The van der Waals surface area contributed by atoms with E-state index in [-0.39, 0.29) is 24.1 Å². The highest BCUT2D eigenvalue weighted by Gasteiger charge is 2.20. The van der Waals surface area contributed by atoms with Crippen molar-refractivity contribution in [1.82, 2.24) is 15.1 Å². The first-order chi connectivity index (χ1) is 19.3. The third kappa shape index (κ3) is 7.91. The maximum Gasteiger partial charge on any atom is 0.251 e. The van der Waals surface area contributed by atoms with Crippen LogP contribution in [0.3, 0.4) is 0 Å². The number of carbonyl (C=O) groups is 3. The Morgan fingerprint density at radius 3 is 2.15 bits per heavy atom. The van der Waals surface area contributed by atoms with Gasteiger partial charge < -0.3 is 26.0 Å². The molecule has 40 heavy (non-hydrogen) atoms. The van der Waals surface area contributed by atoms with E-state index >= 15 is 0 Å². The van der Waals surface area contributed by atoms with Gasteiger partial charge in [0, 0.05) is 64.0 Å². The summed E-state index contributed by atoms with van der Waals surface area (Å²) in [5.74, 6) is 0.405. The zero-order valence-corrected chi connectivity index (χ0v) is 23.1. The lowest BCUT2D eigenvalue weighted by molar-refractivity contribution is -0.130. The van der Waals surface area contributed by atoms with E-state index in [4.69, 9.17) is 10.5 Å². The van der Waals surface area contributed by atoms with E-state index in [2.05, 4.69) is 15.5 Å². The molecule has 1 aliphatic rings. The van der Waals surface area contributed by atoms with Gasteiger partial charge in [0.15, 0.2) is 0 Å². The van der Waals surface area contributed by atoms with Crippen LogP contribution >= 0.6 is 0 Å². The average Bonchev–Trinajstić information content (AvgIpc) is 2.97. The molecule has 9 nitrogen and oxygen atoms in total. The van der Waals surface area contributed by atoms with E-state index < -0.39 is 0 Å². The number of nitrogens with two attached hydrogens (primary N) is 1. The molecule has 0 bridgehead atoms. The van der Waals surface area contributed by atoms with Crippen molar-refractivity contribution in [2.75, 3.05) is 38.6 Å². The molecule has 1 aliphatic heterocycles. The molecule has 3 amide bonds. The quantitative estimate of drug-likeness (QED) is 0.362. The first-order valence-electron chi connectivity index (χ1n) is 13.4. The molecule has 1 heterocycles. The van der Waals surface area contributed by atoms with Crippen LogP contribution in [0.1, 0.15) is 39.5 Å². The van der Waals surface area contributed by atoms with Gasteiger partial charge in [-0.3, -0.25) is 19.3 Å². The maximum absolute atomic E-state index is 13.0. The summed E-state index contributed by atoms with van der Waals surface area (Å²) in [5.41, 5.74) is 10.5. The number of methoxy groups -OCH3 is 1. The summed E-state index contributed by atoms with van der Waals surface area (Å²) in [6.45, 7) is 5.85. The fraction of sp³-hybridized carbons (Fsp3) is 0.323. The number of piperazine rings is 1. The Bertz CT molecular complexity index is 1320. The highest BCUT2D eigenvalue weighted by atomic mass is 16.5. The second-order valence-electron chi connectivity index (χ2n) is 9.93. The minimum Gasteiger partial charge on any atom is -0.497 e. The minimum absolute atomic E-state index is 0.0804. The lowest BCUT2D eigenvalue weighted by atomic mass is 10.1. The number of ether oxygens (including phenoxy) is 1. The molecule has 0 aliphatic carbocycles. The van der Waals surface area contributed by atoms with Gasteiger partial charge in [-0.05, 0) is 46.5 Å². The Morgan fingerprint density at radius 1 is 0.875 bits per heavy atom. The van der Waals surface area contributed by atoms with E-state index in [0.717, 1.165) is 41.1 Å². The predicted octanol–water partition coefficient (Wildman–Crippen LogP) is 2.93. The van der Waals surface area contributed by atoms with Gasteiger partial charge in [-0.2, -0.15) is 0 Å². The fourth-order valence-corrected chi connectivity index (χ4v) is 4.63. The van der Waals surface area contributed by atoms with Crippen molar-refractivity contribution in [3.05, 3.63) is 94.5 Å². The van der Waals surface area contributed by atoms with Gasteiger partial charge in [0.25, 0.3) is 5.91 Å². The van der Waals surface area contributed by atoms with Crippen molar-refractivity contribution in [1.29, 1.82) is 0 Å². The number of anilines is 1. The molecule has 9 heteroatoms. The first kappa shape index (κ1) is 28.8. The van der Waals surface area contributed by atoms with Crippen molar-refractivity contribution < 1.29 is 19.1 Å². The molecule has 0 aromatic heterocycles. The zero-order chi connectivity index (χ0) is 28.5. The average molecular weight is 544 g/mol. The molecule has 4 rings (SSSR count). The van der Waals surface area contributed by atoms with Crippen molar-refractivity contribution in [3.8, 4) is 5.75 Å². The summed E-state index contributed by atoms with van der Waals surface area (Å²) in [6, 6.07) is 20.6. The maximum atomic E-state index is 13.0. The van der Waals surface area contributed by atoms with Gasteiger partial charge in [-0.25, -0.2) is 0 Å². The smallest absolute Gasteiger partial charge is 0.251 e. The van der Waals surface area contributed by atoms with Gasteiger partial charge in [0.05, 0.1) is 13.5 Å². The Balaban J connectivity index is 1.47. The minimum atomic E-state index is -0.227. The summed E-state index contributed by atoms with van der Waals surface area (Å²) in [7, 11) is 1.60. The fourth-order valence-electron chi connectivity index (χ4n) is 4.63. The first-order valence-corrected chi connectivity index (χ1v) is 13.4. The lowest BCUT2D eigenvalue weighted by Gasteiger charge is -2.34. The molecule has 210 valence electrons. The SMILES string of the molecule is COc1ccc(CC(=O)Nc2cc(C(=O)NCc3ccc(CN)cc3)ccc2CN2CCN(C(C)=O)CC2)cc1. The Morgan fingerprint density at radius 2 is 1.52 bits per heavy atom. The van der Waals surface area contributed by atoms with Crippen LogP contribution in [-0.4, -0.2) is 60.8 Å². The molecule has 3 aromatic rings. The highest BCUT2D eigenvalue weighted by molar-refractivity contribution is 5.98. The molecule has 0 radical (unpaired) electrons. The summed E-state index contributed by atoms with van der Waals surface area (Å²) >= 11 is 0. The number of benzene rings is 3. The van der Waals surface area contributed by atoms with E-state index in [9.17, 15) is 14.4 Å². The molecule has 0 unspecified atom stereocenters. The highest BCUT2D eigenvalue weighted by Crippen LogP contribution is 2.22. The molecule has 3 aromatic carbocycles. The summed E-state index contributed by atoms with van der Waals surface area (Å²) in [6.07, 6.45) is 0.190. The normalized spacial score (nSPS) is 13.5. The van der Waals surface area contributed by atoms with Gasteiger partial charge in [0.1, 0.15) is 5.75 Å². The molecule has 0 spiro atoms. The van der Waals surface area contributed by atoms with Crippen LogP contribution in [0.5, 0.6) is 5.75 Å². The second kappa shape index (κ2) is 13.7. The topological polar surface area (TPSA) is 117 Å². The summed E-state index contributed by atoms with van der Waals surface area (Å²) < 4.78 is 5.20. The third-order valence-corrected chi connectivity index (χ3v) is 7.09. The monoisotopic (exact) mass is 543 g/mol. The number of hydrogen-bond acceptors (Lipinski definition) is 6. The van der Waals surface area contributed by atoms with Crippen molar-refractivity contribution in [2.24, 2.45) is 5.73 Å². The van der Waals surface area contributed by atoms with Gasteiger partial charge in [-0.1, -0.05) is 42.5 Å². The number of hydrogen-bond donors (Lipinski definition) is 3. The molecule has 1 fully saturated rings. The number of rotatable bonds is 10. The number of carbonyl (C=O) groups excluding carboxylic acids is 3. The van der Waals surface area contributed by atoms with Crippen molar-refractivity contribution >= 4 is 23.4 Å². The number of nitrogens with zero attached hydrogens (tertiary/aromatic N) is 2. The summed E-state index contributed by atoms with van der Waals surface area (Å²) in [5, 5.41) is 5.99. The predicted molar refractivity (Wildman–Crippen MR) is 155 cm³/mol. The van der Waals surface area contributed by atoms with Crippen LogP contribution in [0.15, 0.2) is 66.7 Å². The van der Waals surface area contributed by atoms with Gasteiger partial charge >= 0.3 is 0 Å². The van der Waals surface area contributed by atoms with E-state index in [1.807, 2.05) is 59.5 Å². The van der Waals surface area contributed by atoms with E-state index in [0.29, 0.717) is 44.0 Å². The molecule has 1 saturated heterocycles. The number of nitrogens with one attached hydrogen (secondary N) is 2. The molecule has 0 atom stereocenters.